The molecule has 1 aliphatic heterocycles. The van der Waals surface area contributed by atoms with Crippen molar-refractivity contribution in [3.05, 3.63) is 58.2 Å². The molecule has 2 heterocycles. The van der Waals surface area contributed by atoms with Gasteiger partial charge in [-0.15, -0.1) is 0 Å². The highest BCUT2D eigenvalue weighted by Gasteiger charge is 2.31. The van der Waals surface area contributed by atoms with E-state index in [9.17, 15) is 9.90 Å². The van der Waals surface area contributed by atoms with E-state index in [2.05, 4.69) is 16.7 Å². The zero-order valence-corrected chi connectivity index (χ0v) is 15.5. The largest absolute Gasteiger partial charge is 0.481 e. The summed E-state index contributed by atoms with van der Waals surface area (Å²) in [6.45, 7) is 0.857. The van der Waals surface area contributed by atoms with Crippen LogP contribution in [-0.4, -0.2) is 15.6 Å². The zero-order chi connectivity index (χ0) is 17.6. The number of rotatable bonds is 4. The van der Waals surface area contributed by atoms with E-state index in [1.807, 2.05) is 24.3 Å². The molecular formula is C19H15Cl2NO2S. The third-order valence-corrected chi connectivity index (χ3v) is 6.44. The van der Waals surface area contributed by atoms with Crippen LogP contribution in [0.4, 0.5) is 0 Å². The van der Waals surface area contributed by atoms with Crippen molar-refractivity contribution < 1.29 is 9.90 Å². The lowest BCUT2D eigenvalue weighted by Crippen LogP contribution is -2.04. The molecule has 3 aromatic rings. The van der Waals surface area contributed by atoms with Crippen LogP contribution in [0.5, 0.6) is 0 Å². The maximum absolute atomic E-state index is 11.3. The van der Waals surface area contributed by atoms with Gasteiger partial charge in [0.05, 0.1) is 16.5 Å². The lowest BCUT2D eigenvalue weighted by Gasteiger charge is -2.10. The van der Waals surface area contributed by atoms with Gasteiger partial charge >= 0.3 is 5.97 Å². The second kappa shape index (κ2) is 6.60. The van der Waals surface area contributed by atoms with Crippen LogP contribution in [-0.2, 0) is 11.3 Å². The molecule has 0 amide bonds. The molecule has 1 aliphatic rings. The van der Waals surface area contributed by atoms with E-state index in [1.165, 1.54) is 0 Å². The Balaban J connectivity index is 1.84. The van der Waals surface area contributed by atoms with Gasteiger partial charge in [-0.1, -0.05) is 53.2 Å². The van der Waals surface area contributed by atoms with Crippen molar-refractivity contribution in [3.63, 3.8) is 0 Å². The van der Waals surface area contributed by atoms with E-state index in [1.54, 1.807) is 17.8 Å². The average molecular weight is 392 g/mol. The van der Waals surface area contributed by atoms with E-state index in [4.69, 9.17) is 23.2 Å². The molecule has 2 aromatic carbocycles. The first-order valence-corrected chi connectivity index (χ1v) is 9.57. The molecule has 1 aromatic heterocycles. The fraction of sp³-hybridized carbons (Fsp3) is 0.211. The highest BCUT2D eigenvalue weighted by molar-refractivity contribution is 7.99. The summed E-state index contributed by atoms with van der Waals surface area (Å²) >= 11 is 13.8. The standard InChI is InChI=1S/C19H15Cl2NO2S/c20-14-6-5-12(10-15(14)21)25-19-13-3-1-2-4-16(13)22-8-7-11(18(19)22)9-17(23)24/h1-6,10-11H,7-9H2,(H,23,24). The van der Waals surface area contributed by atoms with Gasteiger partial charge < -0.3 is 9.67 Å². The quantitative estimate of drug-likeness (QED) is 0.587. The monoisotopic (exact) mass is 391 g/mol. The zero-order valence-electron chi connectivity index (χ0n) is 13.2. The van der Waals surface area contributed by atoms with Crippen molar-refractivity contribution in [1.29, 1.82) is 0 Å². The second-order valence-corrected chi connectivity index (χ2v) is 8.04. The second-order valence-electron chi connectivity index (χ2n) is 6.14. The van der Waals surface area contributed by atoms with Crippen LogP contribution in [0.2, 0.25) is 10.0 Å². The fourth-order valence-corrected chi connectivity index (χ4v) is 5.11. The lowest BCUT2D eigenvalue weighted by atomic mass is 10.0. The molecule has 1 atom stereocenters. The number of carboxylic acid groups (broad SMARTS) is 1. The van der Waals surface area contributed by atoms with Gasteiger partial charge in [-0.3, -0.25) is 4.79 Å². The number of nitrogens with zero attached hydrogens (tertiary/aromatic N) is 1. The summed E-state index contributed by atoms with van der Waals surface area (Å²) in [6.07, 6.45) is 1.02. The number of hydrogen-bond acceptors (Lipinski definition) is 2. The van der Waals surface area contributed by atoms with Gasteiger partial charge in [-0.05, 0) is 30.7 Å². The van der Waals surface area contributed by atoms with Gasteiger partial charge in [0.2, 0.25) is 0 Å². The highest BCUT2D eigenvalue weighted by atomic mass is 35.5. The molecule has 6 heteroatoms. The Morgan fingerprint density at radius 3 is 2.76 bits per heavy atom. The maximum Gasteiger partial charge on any atom is 0.304 e. The summed E-state index contributed by atoms with van der Waals surface area (Å²) in [4.78, 5) is 13.4. The molecule has 25 heavy (non-hydrogen) atoms. The van der Waals surface area contributed by atoms with E-state index >= 15 is 0 Å². The summed E-state index contributed by atoms with van der Waals surface area (Å²) in [5.41, 5.74) is 2.28. The molecule has 0 saturated carbocycles. The van der Waals surface area contributed by atoms with Crippen molar-refractivity contribution in [2.75, 3.05) is 0 Å². The van der Waals surface area contributed by atoms with Crippen molar-refractivity contribution in [3.8, 4) is 0 Å². The summed E-state index contributed by atoms with van der Waals surface area (Å²) in [5.74, 6) is -0.718. The van der Waals surface area contributed by atoms with Gasteiger partial charge in [-0.25, -0.2) is 0 Å². The minimum Gasteiger partial charge on any atom is -0.481 e. The number of aryl methyl sites for hydroxylation is 1. The molecule has 0 fully saturated rings. The topological polar surface area (TPSA) is 42.2 Å². The summed E-state index contributed by atoms with van der Waals surface area (Å²) in [6, 6.07) is 13.8. The SMILES string of the molecule is O=C(O)CC1CCn2c1c(Sc1ccc(Cl)c(Cl)c1)c1ccccc12. The predicted molar refractivity (Wildman–Crippen MR) is 102 cm³/mol. The summed E-state index contributed by atoms with van der Waals surface area (Å²) in [7, 11) is 0. The Labute approximate surface area is 159 Å². The third kappa shape index (κ3) is 3.03. The van der Waals surface area contributed by atoms with Crippen LogP contribution in [0.3, 0.4) is 0 Å². The smallest absolute Gasteiger partial charge is 0.304 e. The average Bonchev–Trinajstić information content (AvgIpc) is 3.11. The first-order chi connectivity index (χ1) is 12.0. The molecule has 1 N–H and O–H groups in total. The van der Waals surface area contributed by atoms with Crippen LogP contribution in [0.1, 0.15) is 24.5 Å². The molecule has 128 valence electrons. The number of para-hydroxylation sites is 1. The van der Waals surface area contributed by atoms with E-state index < -0.39 is 5.97 Å². The number of benzene rings is 2. The van der Waals surface area contributed by atoms with Gasteiger partial charge in [0.25, 0.3) is 0 Å². The Morgan fingerprint density at radius 1 is 1.20 bits per heavy atom. The van der Waals surface area contributed by atoms with E-state index in [0.717, 1.165) is 39.4 Å². The highest BCUT2D eigenvalue weighted by Crippen LogP contribution is 2.47. The Morgan fingerprint density at radius 2 is 2.00 bits per heavy atom. The van der Waals surface area contributed by atoms with E-state index in [-0.39, 0.29) is 12.3 Å². The number of aliphatic carboxylic acids is 1. The predicted octanol–water partition coefficient (Wildman–Crippen LogP) is 6.06. The lowest BCUT2D eigenvalue weighted by molar-refractivity contribution is -0.137. The minimum atomic E-state index is -0.755. The Hall–Kier alpha value is -1.62. The number of carboxylic acids is 1. The molecular weight excluding hydrogens is 377 g/mol. The van der Waals surface area contributed by atoms with Gasteiger partial charge in [0, 0.05) is 38.9 Å². The van der Waals surface area contributed by atoms with Crippen LogP contribution >= 0.6 is 35.0 Å². The number of halogens is 2. The number of fused-ring (bicyclic) bond motifs is 3. The molecule has 3 nitrogen and oxygen atoms in total. The van der Waals surface area contributed by atoms with Crippen molar-refractivity contribution in [2.45, 2.75) is 35.1 Å². The molecule has 4 rings (SSSR count). The van der Waals surface area contributed by atoms with Crippen molar-refractivity contribution >= 4 is 51.8 Å². The molecule has 0 bridgehead atoms. The van der Waals surface area contributed by atoms with Crippen molar-refractivity contribution in [2.24, 2.45) is 0 Å². The van der Waals surface area contributed by atoms with Gasteiger partial charge in [-0.2, -0.15) is 0 Å². The maximum atomic E-state index is 11.3. The number of hydrogen-bond donors (Lipinski definition) is 1. The van der Waals surface area contributed by atoms with E-state index in [0.29, 0.717) is 10.0 Å². The van der Waals surface area contributed by atoms with Crippen LogP contribution in [0, 0.1) is 0 Å². The normalized spacial score (nSPS) is 16.3. The number of aromatic nitrogens is 1. The molecule has 0 radical (unpaired) electrons. The Bertz CT molecular complexity index is 983. The van der Waals surface area contributed by atoms with Gasteiger partial charge in [0.15, 0.2) is 0 Å². The third-order valence-electron chi connectivity index (χ3n) is 4.58. The molecule has 1 unspecified atom stereocenters. The van der Waals surface area contributed by atoms with Crippen LogP contribution < -0.4 is 0 Å². The van der Waals surface area contributed by atoms with Crippen LogP contribution in [0.25, 0.3) is 10.9 Å². The molecule has 0 saturated heterocycles. The summed E-state index contributed by atoms with van der Waals surface area (Å²) in [5, 5.41) is 11.5. The number of carbonyl (C=O) groups is 1. The first-order valence-electron chi connectivity index (χ1n) is 8.00. The minimum absolute atomic E-state index is 0.0372. The molecule has 0 spiro atoms. The summed E-state index contributed by atoms with van der Waals surface area (Å²) < 4.78 is 2.27. The fourth-order valence-electron chi connectivity index (χ4n) is 3.53. The van der Waals surface area contributed by atoms with Crippen molar-refractivity contribution in [1.82, 2.24) is 4.57 Å². The first kappa shape index (κ1) is 16.8. The van der Waals surface area contributed by atoms with Crippen LogP contribution in [0.15, 0.2) is 52.3 Å². The van der Waals surface area contributed by atoms with Gasteiger partial charge in [0.1, 0.15) is 0 Å². The molecule has 0 aliphatic carbocycles. The Kier molecular flexibility index (Phi) is 4.44.